The first-order chi connectivity index (χ1) is 5.84. The van der Waals surface area contributed by atoms with Gasteiger partial charge in [-0.3, -0.25) is 0 Å². The lowest BCUT2D eigenvalue weighted by Crippen LogP contribution is -2.21. The van der Waals surface area contributed by atoms with E-state index < -0.39 is 16.8 Å². The third-order valence-electron chi connectivity index (χ3n) is 2.26. The molecule has 0 aromatic heterocycles. The molecule has 2 unspecified atom stereocenters. The van der Waals surface area contributed by atoms with Crippen molar-refractivity contribution in [1.82, 2.24) is 0 Å². The summed E-state index contributed by atoms with van der Waals surface area (Å²) in [5.74, 6) is 0. The zero-order valence-electron chi connectivity index (χ0n) is 8.77. The molecule has 0 spiro atoms. The molecule has 0 aliphatic heterocycles. The molecule has 2 atom stereocenters. The Morgan fingerprint density at radius 1 is 1.00 bits per heavy atom. The van der Waals surface area contributed by atoms with E-state index in [0.29, 0.717) is 0 Å². The molecule has 3 nitrogen and oxygen atoms in total. The van der Waals surface area contributed by atoms with E-state index in [9.17, 15) is 14.7 Å². The van der Waals surface area contributed by atoms with Crippen LogP contribution < -0.4 is 0 Å². The van der Waals surface area contributed by atoms with Crippen molar-refractivity contribution in [3.05, 3.63) is 0 Å². The molecule has 0 fully saturated rings. The quantitative estimate of drug-likeness (QED) is 0.644. The van der Waals surface area contributed by atoms with Gasteiger partial charge >= 0.3 is 0 Å². The van der Waals surface area contributed by atoms with Crippen LogP contribution in [0, 0.1) is 0 Å². The predicted octanol–water partition coefficient (Wildman–Crippen LogP) is 1.86. The standard InChI is InChI=1S/C8H21O3PS/c1-5-7(3)13(8(4)6-2)12(9,10)11/h7-11H,5-6H2,1-4H3. The van der Waals surface area contributed by atoms with Gasteiger partial charge in [-0.05, 0) is 12.8 Å². The fourth-order valence-corrected chi connectivity index (χ4v) is 7.45. The molecule has 0 radical (unpaired) electrons. The number of rotatable bonds is 4. The molecular formula is C8H21O3PS. The average Bonchev–Trinajstić information content (AvgIpc) is 2.01. The summed E-state index contributed by atoms with van der Waals surface area (Å²) in [4.78, 5) is 27.9. The highest BCUT2D eigenvalue weighted by atomic mass is 32.5. The third-order valence-corrected chi connectivity index (χ3v) is 8.99. The van der Waals surface area contributed by atoms with Crippen molar-refractivity contribution in [2.45, 2.75) is 51.0 Å². The molecule has 0 aromatic rings. The molecule has 0 aliphatic rings. The summed E-state index contributed by atoms with van der Waals surface area (Å²) < 4.78 is 0. The number of hydrogen-bond donors (Lipinski definition) is 3. The Labute approximate surface area is 83.0 Å². The lowest BCUT2D eigenvalue weighted by atomic mass is 10.4. The van der Waals surface area contributed by atoms with Crippen LogP contribution in [-0.2, 0) is 10.1 Å². The maximum absolute atomic E-state index is 9.32. The van der Waals surface area contributed by atoms with Crippen molar-refractivity contribution < 1.29 is 14.7 Å². The van der Waals surface area contributed by atoms with Gasteiger partial charge in [0.2, 0.25) is 0 Å². The molecule has 5 heteroatoms. The molecule has 0 rings (SSSR count). The summed E-state index contributed by atoms with van der Waals surface area (Å²) in [6, 6.07) is 0. The first-order valence-corrected chi connectivity index (χ1v) is 8.24. The normalized spacial score (nSPS) is 19.6. The highest BCUT2D eigenvalue weighted by Crippen LogP contribution is 2.41. The van der Waals surface area contributed by atoms with Crippen molar-refractivity contribution in [2.75, 3.05) is 0 Å². The monoisotopic (exact) mass is 228 g/mol. The fourth-order valence-electron chi connectivity index (χ4n) is 1.22. The Balaban J connectivity index is 5.00. The van der Waals surface area contributed by atoms with Crippen molar-refractivity contribution in [1.29, 1.82) is 0 Å². The third kappa shape index (κ3) is 4.13. The SMILES string of the molecule is CCC(C)S(C(C)CC)=P(O)(O)O. The van der Waals surface area contributed by atoms with Gasteiger partial charge in [-0.25, -0.2) is 0 Å². The molecule has 3 N–H and O–H groups in total. The van der Waals surface area contributed by atoms with E-state index in [-0.39, 0.29) is 10.5 Å². The van der Waals surface area contributed by atoms with E-state index in [1.165, 1.54) is 0 Å². The lowest BCUT2D eigenvalue weighted by Gasteiger charge is -2.25. The molecule has 0 aliphatic carbocycles. The zero-order valence-corrected chi connectivity index (χ0v) is 10.5. The lowest BCUT2D eigenvalue weighted by molar-refractivity contribution is 0.362. The molecule has 0 aromatic carbocycles. The topological polar surface area (TPSA) is 60.7 Å². The van der Waals surface area contributed by atoms with Crippen LogP contribution in [0.3, 0.4) is 0 Å². The highest BCUT2D eigenvalue weighted by molar-refractivity contribution is 8.28. The molecule has 0 bridgehead atoms. The van der Waals surface area contributed by atoms with Crippen molar-refractivity contribution in [2.24, 2.45) is 0 Å². The second kappa shape index (κ2) is 5.52. The van der Waals surface area contributed by atoms with E-state index in [1.807, 2.05) is 27.7 Å². The van der Waals surface area contributed by atoms with Crippen molar-refractivity contribution in [3.8, 4) is 0 Å². The van der Waals surface area contributed by atoms with Gasteiger partial charge in [-0.15, -0.1) is 10.1 Å². The van der Waals surface area contributed by atoms with Crippen molar-refractivity contribution in [3.63, 3.8) is 0 Å². The van der Waals surface area contributed by atoms with Gasteiger partial charge in [0.25, 0.3) is 6.72 Å². The Morgan fingerprint density at radius 3 is 1.46 bits per heavy atom. The minimum atomic E-state index is -3.64. The summed E-state index contributed by atoms with van der Waals surface area (Å²) in [6.45, 7) is 4.29. The van der Waals surface area contributed by atoms with Gasteiger partial charge in [0, 0.05) is 10.5 Å². The fraction of sp³-hybridized carbons (Fsp3) is 1.00. The summed E-state index contributed by atoms with van der Waals surface area (Å²) in [5, 5.41) is 0.367. The Kier molecular flexibility index (Phi) is 5.80. The van der Waals surface area contributed by atoms with Gasteiger partial charge in [0.1, 0.15) is 0 Å². The average molecular weight is 228 g/mol. The minimum Gasteiger partial charge on any atom is -0.329 e. The zero-order chi connectivity index (χ0) is 10.6. The van der Waals surface area contributed by atoms with Gasteiger partial charge in [0.15, 0.2) is 0 Å². The Morgan fingerprint density at radius 2 is 1.31 bits per heavy atom. The summed E-state index contributed by atoms with van der Waals surface area (Å²) >= 11 is 0. The van der Waals surface area contributed by atoms with Gasteiger partial charge in [0.05, 0.1) is 0 Å². The Bertz CT molecular complexity index is 191. The maximum atomic E-state index is 9.32. The summed E-state index contributed by atoms with van der Waals surface area (Å²) in [5.41, 5.74) is 0. The smallest absolute Gasteiger partial charge is 0.277 e. The summed E-state index contributed by atoms with van der Waals surface area (Å²) in [7, 11) is -0.654. The van der Waals surface area contributed by atoms with E-state index in [1.54, 1.807) is 0 Å². The van der Waals surface area contributed by atoms with Crippen LogP contribution in [0.1, 0.15) is 40.5 Å². The molecular weight excluding hydrogens is 207 g/mol. The first-order valence-electron chi connectivity index (χ1n) is 4.64. The largest absolute Gasteiger partial charge is 0.329 e. The second-order valence-corrected chi connectivity index (χ2v) is 9.36. The van der Waals surface area contributed by atoms with Gasteiger partial charge in [-0.1, -0.05) is 27.7 Å². The van der Waals surface area contributed by atoms with E-state index in [2.05, 4.69) is 0 Å². The molecule has 0 saturated heterocycles. The molecule has 0 saturated carbocycles. The van der Waals surface area contributed by atoms with E-state index in [0.717, 1.165) is 12.8 Å². The summed E-state index contributed by atoms with van der Waals surface area (Å²) in [6.07, 6.45) is 1.74. The maximum Gasteiger partial charge on any atom is 0.277 e. The minimum absolute atomic E-state index is 0.184. The highest BCUT2D eigenvalue weighted by Gasteiger charge is 2.22. The Hall–Kier alpha value is 0.660. The van der Waals surface area contributed by atoms with Crippen molar-refractivity contribution >= 4 is 16.8 Å². The van der Waals surface area contributed by atoms with Crippen LogP contribution in [0.25, 0.3) is 0 Å². The van der Waals surface area contributed by atoms with Crippen LogP contribution in [0.5, 0.6) is 0 Å². The van der Waals surface area contributed by atoms with E-state index >= 15 is 0 Å². The molecule has 0 amide bonds. The molecule has 13 heavy (non-hydrogen) atoms. The van der Waals surface area contributed by atoms with Gasteiger partial charge < -0.3 is 14.7 Å². The van der Waals surface area contributed by atoms with Crippen LogP contribution in [-0.4, -0.2) is 25.2 Å². The molecule has 0 heterocycles. The second-order valence-electron chi connectivity index (χ2n) is 3.30. The van der Waals surface area contributed by atoms with Crippen LogP contribution in [0.2, 0.25) is 0 Å². The predicted molar refractivity (Wildman–Crippen MR) is 60.4 cm³/mol. The van der Waals surface area contributed by atoms with Gasteiger partial charge in [-0.2, -0.15) is 0 Å². The van der Waals surface area contributed by atoms with Crippen LogP contribution >= 0.6 is 6.72 Å². The van der Waals surface area contributed by atoms with Crippen LogP contribution in [0.4, 0.5) is 0 Å². The first kappa shape index (κ1) is 13.7. The number of hydrogen-bond acceptors (Lipinski definition) is 0. The molecule has 82 valence electrons. The van der Waals surface area contributed by atoms with E-state index in [4.69, 9.17) is 0 Å². The van der Waals surface area contributed by atoms with Crippen LogP contribution in [0.15, 0.2) is 0 Å².